The summed E-state index contributed by atoms with van der Waals surface area (Å²) in [6.07, 6.45) is 6.20. The number of hydrogen-bond donors (Lipinski definition) is 0. The monoisotopic (exact) mass is 601 g/mol. The largest absolute Gasteiger partial charge is 0.497 e. The Morgan fingerprint density at radius 1 is 1.00 bits per heavy atom. The molecule has 3 heterocycles. The number of aryl methyl sites for hydroxylation is 2. The number of carbonyl (C=O) groups is 1. The van der Waals surface area contributed by atoms with Gasteiger partial charge in [-0.15, -0.1) is 0 Å². The lowest BCUT2D eigenvalue weighted by Crippen LogP contribution is -2.51. The van der Waals surface area contributed by atoms with E-state index in [1.165, 1.54) is 4.31 Å². The molecular formula is C31H47N5O5S. The van der Waals surface area contributed by atoms with Crippen LogP contribution in [-0.2, 0) is 26.1 Å². The summed E-state index contributed by atoms with van der Waals surface area (Å²) in [4.78, 5) is 20.3. The van der Waals surface area contributed by atoms with Gasteiger partial charge in [-0.2, -0.15) is 4.31 Å². The van der Waals surface area contributed by atoms with Gasteiger partial charge in [-0.05, 0) is 82.0 Å². The van der Waals surface area contributed by atoms with Gasteiger partial charge in [0.2, 0.25) is 15.9 Å². The number of aromatic nitrogens is 1. The molecule has 3 aliphatic rings. The van der Waals surface area contributed by atoms with E-state index in [9.17, 15) is 13.2 Å². The number of benzene rings is 1. The summed E-state index contributed by atoms with van der Waals surface area (Å²) in [6.45, 7) is 9.03. The number of amides is 1. The molecule has 0 bridgehead atoms. The molecule has 42 heavy (non-hydrogen) atoms. The molecule has 1 aromatic carbocycles. The van der Waals surface area contributed by atoms with E-state index in [0.29, 0.717) is 40.9 Å². The summed E-state index contributed by atoms with van der Waals surface area (Å²) in [6, 6.07) is 7.68. The predicted octanol–water partition coefficient (Wildman–Crippen LogP) is 2.89. The molecule has 10 nitrogen and oxygen atoms in total. The van der Waals surface area contributed by atoms with E-state index in [0.717, 1.165) is 57.6 Å². The smallest absolute Gasteiger partial charge is 0.248 e. The van der Waals surface area contributed by atoms with Crippen LogP contribution in [0.3, 0.4) is 0 Å². The molecule has 0 spiro atoms. The third-order valence-corrected chi connectivity index (χ3v) is 11.7. The van der Waals surface area contributed by atoms with Crippen molar-refractivity contribution in [2.24, 2.45) is 0 Å². The molecule has 1 saturated carbocycles. The van der Waals surface area contributed by atoms with Gasteiger partial charge in [0.05, 0.1) is 24.7 Å². The molecule has 0 N–H and O–H groups in total. The lowest BCUT2D eigenvalue weighted by molar-refractivity contribution is -0.138. The molecule has 2 aliphatic heterocycles. The summed E-state index contributed by atoms with van der Waals surface area (Å²) < 4.78 is 43.1. The summed E-state index contributed by atoms with van der Waals surface area (Å²) in [7, 11) is 1.80. The third-order valence-electron chi connectivity index (χ3n) is 9.51. The second-order valence-electron chi connectivity index (χ2n) is 12.2. The number of hydrogen-bond acceptors (Lipinski definition) is 7. The molecule has 1 unspecified atom stereocenters. The van der Waals surface area contributed by atoms with Gasteiger partial charge in [-0.1, -0.05) is 0 Å². The number of likely N-dealkylation sites (N-methyl/N-ethyl adjacent to an activating group) is 2. The summed E-state index contributed by atoms with van der Waals surface area (Å²) >= 11 is 0. The van der Waals surface area contributed by atoms with Crippen molar-refractivity contribution in [2.75, 3.05) is 67.1 Å². The number of piperazine rings is 1. The van der Waals surface area contributed by atoms with Gasteiger partial charge < -0.3 is 23.8 Å². The highest BCUT2D eigenvalue weighted by Crippen LogP contribution is 2.35. The van der Waals surface area contributed by atoms with Crippen LogP contribution in [0.15, 0.2) is 35.4 Å². The number of nitrogens with zero attached hydrogens (tertiary/aromatic N) is 5. The highest BCUT2D eigenvalue weighted by molar-refractivity contribution is 7.89. The molecule has 1 saturated heterocycles. The zero-order valence-electron chi connectivity index (χ0n) is 25.8. The number of carbonyl (C=O) groups excluding carboxylic acids is 1. The molecule has 2 aromatic rings. The standard InChI is InChI=1S/C31H47N5O5S/c1-23-19-27(40-5)20-24(2)31(23)42(38,39)36-18-17-35-12-6-7-28(35)29(36)21-41-22-30(37)33(4)25-8-10-26(11-9-25)34-15-13-32(3)14-16-34/h6-7,12,19-20,25-26,29H,8-11,13-18,21-22H2,1-5H3. The first-order chi connectivity index (χ1) is 20.1. The first-order valence-corrected chi connectivity index (χ1v) is 16.6. The van der Waals surface area contributed by atoms with E-state index in [4.69, 9.17) is 9.47 Å². The molecule has 232 valence electrons. The number of rotatable bonds is 9. The number of ether oxygens (including phenoxy) is 2. The molecular weight excluding hydrogens is 554 g/mol. The van der Waals surface area contributed by atoms with E-state index >= 15 is 0 Å². The van der Waals surface area contributed by atoms with Crippen molar-refractivity contribution in [2.45, 2.75) is 69.1 Å². The third kappa shape index (κ3) is 6.40. The fourth-order valence-corrected chi connectivity index (χ4v) is 9.00. The van der Waals surface area contributed by atoms with Crippen LogP contribution in [0.2, 0.25) is 0 Å². The number of sulfonamides is 1. The quantitative estimate of drug-likeness (QED) is 0.437. The Kier molecular flexibility index (Phi) is 9.63. The second kappa shape index (κ2) is 13.1. The topological polar surface area (TPSA) is 87.6 Å². The molecule has 1 amide bonds. The average Bonchev–Trinajstić information content (AvgIpc) is 3.46. The molecule has 11 heteroatoms. The van der Waals surface area contributed by atoms with Crippen LogP contribution in [0.25, 0.3) is 0 Å². The maximum absolute atomic E-state index is 14.1. The highest BCUT2D eigenvalue weighted by atomic mass is 32.2. The van der Waals surface area contributed by atoms with Crippen molar-refractivity contribution in [1.82, 2.24) is 23.6 Å². The van der Waals surface area contributed by atoms with Crippen molar-refractivity contribution < 1.29 is 22.7 Å². The Balaban J connectivity index is 1.21. The van der Waals surface area contributed by atoms with Crippen molar-refractivity contribution in [1.29, 1.82) is 0 Å². The average molecular weight is 602 g/mol. The van der Waals surface area contributed by atoms with Crippen molar-refractivity contribution in [3.8, 4) is 5.75 Å². The summed E-state index contributed by atoms with van der Waals surface area (Å²) in [5, 5.41) is 0. The number of methoxy groups -OCH3 is 1. The zero-order valence-corrected chi connectivity index (χ0v) is 26.6. The van der Waals surface area contributed by atoms with E-state index in [1.54, 1.807) is 33.1 Å². The Bertz CT molecular complexity index is 1320. The summed E-state index contributed by atoms with van der Waals surface area (Å²) in [5.74, 6) is 0.576. The molecule has 5 rings (SSSR count). The van der Waals surface area contributed by atoms with Gasteiger partial charge >= 0.3 is 0 Å². The van der Waals surface area contributed by atoms with Crippen LogP contribution in [0.1, 0.15) is 48.5 Å². The molecule has 1 aliphatic carbocycles. The van der Waals surface area contributed by atoms with Crippen molar-refractivity contribution >= 4 is 15.9 Å². The number of fused-ring (bicyclic) bond motifs is 1. The summed E-state index contributed by atoms with van der Waals surface area (Å²) in [5.41, 5.74) is 2.16. The Morgan fingerprint density at radius 3 is 2.31 bits per heavy atom. The van der Waals surface area contributed by atoms with Gasteiger partial charge in [0.15, 0.2) is 0 Å². The maximum atomic E-state index is 14.1. The highest BCUT2D eigenvalue weighted by Gasteiger charge is 2.39. The molecule has 1 atom stereocenters. The van der Waals surface area contributed by atoms with Crippen LogP contribution in [0.5, 0.6) is 5.75 Å². The van der Waals surface area contributed by atoms with E-state index in [2.05, 4.69) is 21.4 Å². The Hall–Kier alpha value is -2.44. The fourth-order valence-electron chi connectivity index (χ4n) is 7.01. The van der Waals surface area contributed by atoms with Crippen molar-refractivity contribution in [3.05, 3.63) is 47.3 Å². The lowest BCUT2D eigenvalue weighted by Gasteiger charge is -2.42. The molecule has 2 fully saturated rings. The SMILES string of the molecule is COc1cc(C)c(S(=O)(=O)N2CCn3cccc3C2COCC(=O)N(C)C2CCC(N3CCN(C)CC3)CC2)c(C)c1. The Labute approximate surface area is 251 Å². The van der Waals surface area contributed by atoms with E-state index in [1.807, 2.05) is 30.3 Å². The van der Waals surface area contributed by atoms with Gasteiger partial charge in [0.25, 0.3) is 0 Å². The second-order valence-corrected chi connectivity index (χ2v) is 14.0. The fraction of sp³-hybridized carbons (Fsp3) is 0.645. The predicted molar refractivity (Wildman–Crippen MR) is 162 cm³/mol. The van der Waals surface area contributed by atoms with E-state index in [-0.39, 0.29) is 25.2 Å². The zero-order chi connectivity index (χ0) is 30.0. The molecule has 0 radical (unpaired) electrons. The minimum Gasteiger partial charge on any atom is -0.497 e. The first kappa shape index (κ1) is 31.0. The lowest BCUT2D eigenvalue weighted by atomic mass is 9.89. The van der Waals surface area contributed by atoms with Crippen LogP contribution in [0, 0.1) is 13.8 Å². The van der Waals surface area contributed by atoms with Gasteiger partial charge in [-0.3, -0.25) is 9.69 Å². The van der Waals surface area contributed by atoms with Crippen LogP contribution >= 0.6 is 0 Å². The first-order valence-electron chi connectivity index (χ1n) is 15.2. The van der Waals surface area contributed by atoms with Gasteiger partial charge in [0.1, 0.15) is 12.4 Å². The van der Waals surface area contributed by atoms with Gasteiger partial charge in [-0.25, -0.2) is 8.42 Å². The van der Waals surface area contributed by atoms with Crippen molar-refractivity contribution in [3.63, 3.8) is 0 Å². The minimum atomic E-state index is -3.84. The van der Waals surface area contributed by atoms with Crippen LogP contribution in [-0.4, -0.2) is 117 Å². The van der Waals surface area contributed by atoms with Crippen LogP contribution in [0.4, 0.5) is 0 Å². The maximum Gasteiger partial charge on any atom is 0.248 e. The Morgan fingerprint density at radius 2 is 1.67 bits per heavy atom. The van der Waals surface area contributed by atoms with E-state index < -0.39 is 16.1 Å². The molecule has 1 aromatic heterocycles. The minimum absolute atomic E-state index is 0.0551. The van der Waals surface area contributed by atoms with Gasteiger partial charge in [0, 0.05) is 70.3 Å². The normalized spacial score (nSPS) is 24.4. The van der Waals surface area contributed by atoms with Crippen LogP contribution < -0.4 is 4.74 Å².